The van der Waals surface area contributed by atoms with Crippen molar-refractivity contribution >= 4 is 46.8 Å². The highest BCUT2D eigenvalue weighted by Crippen LogP contribution is 2.38. The number of halogens is 3. The van der Waals surface area contributed by atoms with Crippen molar-refractivity contribution in [1.29, 1.82) is 0 Å². The predicted octanol–water partition coefficient (Wildman–Crippen LogP) is 5.00. The molecule has 2 rings (SSSR count). The maximum absolute atomic E-state index is 10.4. The van der Waals surface area contributed by atoms with E-state index in [1.54, 1.807) is 24.3 Å². The topological polar surface area (TPSA) is 50.4 Å². The van der Waals surface area contributed by atoms with Crippen LogP contribution >= 0.6 is 34.8 Å². The lowest BCUT2D eigenvalue weighted by Crippen LogP contribution is -1.84. The Kier molecular flexibility index (Phi) is 4.20. The first-order chi connectivity index (χ1) is 8.97. The standard InChI is InChI=1S/C13H7Cl3O3/c14-7-5-9(15)13(10(16)6-7)11-3-1-8(19-11)2-4-12(17)18/h1-6H,(H,17,18). The summed E-state index contributed by atoms with van der Waals surface area (Å²) < 4.78 is 5.46. The number of rotatable bonds is 3. The maximum Gasteiger partial charge on any atom is 0.328 e. The average Bonchev–Trinajstić information content (AvgIpc) is 2.73. The highest BCUT2D eigenvalue weighted by Gasteiger charge is 2.13. The minimum Gasteiger partial charge on any atom is -0.478 e. The van der Waals surface area contributed by atoms with Gasteiger partial charge in [-0.15, -0.1) is 0 Å². The second-order valence-corrected chi connectivity index (χ2v) is 4.87. The molecule has 0 bridgehead atoms. The van der Waals surface area contributed by atoms with Gasteiger partial charge in [0.1, 0.15) is 11.5 Å². The molecule has 6 heteroatoms. The number of carboxylic acid groups (broad SMARTS) is 1. The van der Waals surface area contributed by atoms with Crippen LogP contribution in [0, 0.1) is 0 Å². The largest absolute Gasteiger partial charge is 0.478 e. The zero-order valence-corrected chi connectivity index (χ0v) is 11.6. The number of hydrogen-bond donors (Lipinski definition) is 1. The minimum absolute atomic E-state index is 0.362. The van der Waals surface area contributed by atoms with Crippen LogP contribution in [0.2, 0.25) is 15.1 Å². The Balaban J connectivity index is 2.41. The van der Waals surface area contributed by atoms with Crippen molar-refractivity contribution in [1.82, 2.24) is 0 Å². The van der Waals surface area contributed by atoms with Crippen LogP contribution in [0.15, 0.2) is 34.8 Å². The highest BCUT2D eigenvalue weighted by molar-refractivity contribution is 6.41. The van der Waals surface area contributed by atoms with Crippen molar-refractivity contribution < 1.29 is 14.3 Å². The molecule has 1 heterocycles. The van der Waals surface area contributed by atoms with Gasteiger partial charge in [0.05, 0.1) is 15.6 Å². The number of benzene rings is 1. The van der Waals surface area contributed by atoms with E-state index in [9.17, 15) is 4.79 Å². The molecule has 0 unspecified atom stereocenters. The molecule has 0 saturated heterocycles. The van der Waals surface area contributed by atoms with E-state index in [4.69, 9.17) is 44.3 Å². The molecule has 98 valence electrons. The van der Waals surface area contributed by atoms with Gasteiger partial charge in [-0.05, 0) is 30.3 Å². The highest BCUT2D eigenvalue weighted by atomic mass is 35.5. The summed E-state index contributed by atoms with van der Waals surface area (Å²) in [4.78, 5) is 10.4. The van der Waals surface area contributed by atoms with E-state index >= 15 is 0 Å². The number of hydrogen-bond acceptors (Lipinski definition) is 2. The van der Waals surface area contributed by atoms with Gasteiger partial charge >= 0.3 is 5.97 Å². The first-order valence-electron chi connectivity index (χ1n) is 5.13. The summed E-state index contributed by atoms with van der Waals surface area (Å²) in [5.74, 6) is -0.225. The zero-order valence-electron chi connectivity index (χ0n) is 9.36. The van der Waals surface area contributed by atoms with Crippen LogP contribution in [0.4, 0.5) is 0 Å². The third-order valence-electron chi connectivity index (χ3n) is 2.27. The van der Waals surface area contributed by atoms with E-state index in [0.717, 1.165) is 6.08 Å². The summed E-state index contributed by atoms with van der Waals surface area (Å²) in [6.45, 7) is 0. The van der Waals surface area contributed by atoms with Gasteiger partial charge in [-0.2, -0.15) is 0 Å². The van der Waals surface area contributed by atoms with Crippen molar-refractivity contribution in [2.75, 3.05) is 0 Å². The van der Waals surface area contributed by atoms with Crippen molar-refractivity contribution in [2.24, 2.45) is 0 Å². The van der Waals surface area contributed by atoms with Gasteiger partial charge in [0.25, 0.3) is 0 Å². The number of furan rings is 1. The molecular weight excluding hydrogens is 310 g/mol. The summed E-state index contributed by atoms with van der Waals surface area (Å²) in [7, 11) is 0. The van der Waals surface area contributed by atoms with E-state index in [0.29, 0.717) is 32.2 Å². The second kappa shape index (κ2) is 5.70. The molecule has 0 amide bonds. The van der Waals surface area contributed by atoms with E-state index in [-0.39, 0.29) is 0 Å². The van der Waals surface area contributed by atoms with Crippen molar-refractivity contribution in [2.45, 2.75) is 0 Å². The van der Waals surface area contributed by atoms with Crippen LogP contribution in [0.3, 0.4) is 0 Å². The predicted molar refractivity (Wildman–Crippen MR) is 75.8 cm³/mol. The number of carboxylic acids is 1. The first-order valence-corrected chi connectivity index (χ1v) is 6.26. The summed E-state index contributed by atoms with van der Waals surface area (Å²) in [5.41, 5.74) is 0.516. The van der Waals surface area contributed by atoms with Gasteiger partial charge < -0.3 is 9.52 Å². The second-order valence-electron chi connectivity index (χ2n) is 3.62. The molecule has 0 saturated carbocycles. The molecule has 0 radical (unpaired) electrons. The molecule has 0 aliphatic carbocycles. The molecule has 0 aliphatic rings. The Hall–Kier alpha value is -1.42. The Labute approximate surface area is 124 Å². The molecule has 0 aliphatic heterocycles. The smallest absolute Gasteiger partial charge is 0.328 e. The summed E-state index contributed by atoms with van der Waals surface area (Å²) in [6, 6.07) is 6.39. The number of aliphatic carboxylic acids is 1. The van der Waals surface area contributed by atoms with Crippen LogP contribution < -0.4 is 0 Å². The van der Waals surface area contributed by atoms with Gasteiger partial charge in [-0.3, -0.25) is 0 Å². The molecule has 1 aromatic carbocycles. The molecular formula is C13H7Cl3O3. The molecule has 0 fully saturated rings. The molecule has 3 nitrogen and oxygen atoms in total. The van der Waals surface area contributed by atoms with Gasteiger partial charge in [-0.1, -0.05) is 34.8 Å². The fraction of sp³-hybridized carbons (Fsp3) is 0. The van der Waals surface area contributed by atoms with Crippen LogP contribution in [-0.2, 0) is 4.79 Å². The van der Waals surface area contributed by atoms with Gasteiger partial charge in [0.2, 0.25) is 0 Å². The average molecular weight is 318 g/mol. The molecule has 0 spiro atoms. The normalized spacial score (nSPS) is 11.1. The molecule has 1 N–H and O–H groups in total. The summed E-state index contributed by atoms with van der Waals surface area (Å²) >= 11 is 18.0. The van der Waals surface area contributed by atoms with E-state index < -0.39 is 5.97 Å². The Morgan fingerprint density at radius 1 is 1.16 bits per heavy atom. The number of carbonyl (C=O) groups is 1. The Morgan fingerprint density at radius 3 is 2.37 bits per heavy atom. The third kappa shape index (κ3) is 3.32. The lowest BCUT2D eigenvalue weighted by Gasteiger charge is -2.04. The minimum atomic E-state index is -1.06. The molecule has 1 aromatic heterocycles. The monoisotopic (exact) mass is 316 g/mol. The van der Waals surface area contributed by atoms with Crippen LogP contribution in [0.1, 0.15) is 5.76 Å². The quantitative estimate of drug-likeness (QED) is 0.810. The zero-order chi connectivity index (χ0) is 14.0. The molecule has 2 aromatic rings. The van der Waals surface area contributed by atoms with Crippen molar-refractivity contribution in [3.63, 3.8) is 0 Å². The third-order valence-corrected chi connectivity index (χ3v) is 3.08. The van der Waals surface area contributed by atoms with Crippen LogP contribution in [0.5, 0.6) is 0 Å². The summed E-state index contributed by atoms with van der Waals surface area (Å²) in [5, 5.41) is 9.68. The van der Waals surface area contributed by atoms with Gasteiger partial charge in [0, 0.05) is 11.1 Å². The Morgan fingerprint density at radius 2 is 1.79 bits per heavy atom. The first kappa shape index (κ1) is 14.0. The Bertz CT molecular complexity index is 636. The van der Waals surface area contributed by atoms with E-state index in [1.165, 1.54) is 6.08 Å². The SMILES string of the molecule is O=C(O)C=Cc1ccc(-c2c(Cl)cc(Cl)cc2Cl)o1. The lowest BCUT2D eigenvalue weighted by atomic mass is 10.2. The van der Waals surface area contributed by atoms with Crippen LogP contribution in [-0.4, -0.2) is 11.1 Å². The fourth-order valence-electron chi connectivity index (χ4n) is 1.51. The fourth-order valence-corrected chi connectivity index (χ4v) is 2.51. The molecule has 0 atom stereocenters. The van der Waals surface area contributed by atoms with Crippen LogP contribution in [0.25, 0.3) is 17.4 Å². The molecule has 19 heavy (non-hydrogen) atoms. The maximum atomic E-state index is 10.4. The van der Waals surface area contributed by atoms with Crippen molar-refractivity contribution in [3.8, 4) is 11.3 Å². The lowest BCUT2D eigenvalue weighted by molar-refractivity contribution is -0.131. The van der Waals surface area contributed by atoms with Gasteiger partial charge in [-0.25, -0.2) is 4.79 Å². The summed E-state index contributed by atoms with van der Waals surface area (Å²) in [6.07, 6.45) is 2.32. The van der Waals surface area contributed by atoms with Crippen molar-refractivity contribution in [3.05, 3.63) is 51.2 Å². The van der Waals surface area contributed by atoms with E-state index in [1.807, 2.05) is 0 Å². The van der Waals surface area contributed by atoms with Gasteiger partial charge in [0.15, 0.2) is 0 Å². The van der Waals surface area contributed by atoms with E-state index in [2.05, 4.69) is 0 Å².